The lowest BCUT2D eigenvalue weighted by Crippen LogP contribution is -2.10. The molecule has 0 bridgehead atoms. The summed E-state index contributed by atoms with van der Waals surface area (Å²) in [5.74, 6) is 0.918. The SMILES string of the molecule is CCCCNc1nc(N)c2nc(OC)n(CCCC3CCCO3)c2n1. The average Bonchev–Trinajstić information content (AvgIpc) is 3.24. The zero-order chi connectivity index (χ0) is 17.6. The van der Waals surface area contributed by atoms with Gasteiger partial charge in [0.15, 0.2) is 17.0 Å². The molecule has 1 fully saturated rings. The van der Waals surface area contributed by atoms with Crippen molar-refractivity contribution in [1.29, 1.82) is 0 Å². The van der Waals surface area contributed by atoms with Crippen molar-refractivity contribution >= 4 is 22.9 Å². The maximum absolute atomic E-state index is 6.08. The minimum absolute atomic E-state index is 0.375. The first-order valence-corrected chi connectivity index (χ1v) is 9.16. The fourth-order valence-electron chi connectivity index (χ4n) is 3.16. The van der Waals surface area contributed by atoms with Gasteiger partial charge >= 0.3 is 0 Å². The smallest absolute Gasteiger partial charge is 0.298 e. The largest absolute Gasteiger partial charge is 0.468 e. The molecule has 8 heteroatoms. The Kier molecular flexibility index (Phi) is 5.91. The number of nitrogens with one attached hydrogen (secondary N) is 1. The van der Waals surface area contributed by atoms with Crippen molar-refractivity contribution in [3.63, 3.8) is 0 Å². The lowest BCUT2D eigenvalue weighted by atomic mass is 10.1. The van der Waals surface area contributed by atoms with Crippen molar-refractivity contribution in [3.05, 3.63) is 0 Å². The Balaban J connectivity index is 1.78. The predicted octanol–water partition coefficient (Wildman–Crippen LogP) is 2.59. The Hall–Kier alpha value is -2.09. The molecular weight excluding hydrogens is 320 g/mol. The molecule has 1 atom stereocenters. The number of hydrogen-bond acceptors (Lipinski definition) is 7. The molecule has 0 aliphatic carbocycles. The van der Waals surface area contributed by atoms with Crippen LogP contribution in [0, 0.1) is 0 Å². The molecule has 0 saturated carbocycles. The van der Waals surface area contributed by atoms with Gasteiger partial charge in [-0.2, -0.15) is 15.0 Å². The average molecular weight is 348 g/mol. The van der Waals surface area contributed by atoms with Crippen LogP contribution in [0.4, 0.5) is 11.8 Å². The molecule has 0 spiro atoms. The molecule has 1 aliphatic rings. The van der Waals surface area contributed by atoms with Crippen LogP contribution in [0.3, 0.4) is 0 Å². The number of unbranched alkanes of at least 4 members (excludes halogenated alkanes) is 1. The first-order valence-electron chi connectivity index (χ1n) is 9.16. The van der Waals surface area contributed by atoms with Gasteiger partial charge in [0.05, 0.1) is 13.2 Å². The molecule has 0 amide bonds. The summed E-state index contributed by atoms with van der Waals surface area (Å²) in [6, 6.07) is 0.522. The van der Waals surface area contributed by atoms with Gasteiger partial charge in [-0.15, -0.1) is 0 Å². The second-order valence-corrected chi connectivity index (χ2v) is 6.41. The summed E-state index contributed by atoms with van der Waals surface area (Å²) < 4.78 is 13.1. The monoisotopic (exact) mass is 348 g/mol. The van der Waals surface area contributed by atoms with Crippen molar-refractivity contribution in [3.8, 4) is 6.01 Å². The van der Waals surface area contributed by atoms with Gasteiger partial charge in [-0.1, -0.05) is 13.3 Å². The van der Waals surface area contributed by atoms with E-state index >= 15 is 0 Å². The van der Waals surface area contributed by atoms with Gasteiger partial charge in [-0.3, -0.25) is 4.57 Å². The predicted molar refractivity (Wildman–Crippen MR) is 97.9 cm³/mol. The first kappa shape index (κ1) is 17.7. The molecule has 3 heterocycles. The number of nitrogen functional groups attached to an aromatic ring is 1. The minimum Gasteiger partial charge on any atom is -0.468 e. The molecule has 8 nitrogen and oxygen atoms in total. The van der Waals surface area contributed by atoms with E-state index in [0.29, 0.717) is 29.4 Å². The van der Waals surface area contributed by atoms with Gasteiger partial charge in [0, 0.05) is 19.7 Å². The molecule has 2 aromatic rings. The lowest BCUT2D eigenvalue weighted by molar-refractivity contribution is 0.101. The van der Waals surface area contributed by atoms with E-state index in [0.717, 1.165) is 57.4 Å². The molecular formula is C17H28N6O2. The summed E-state index contributed by atoms with van der Waals surface area (Å²) in [6.45, 7) is 4.63. The van der Waals surface area contributed by atoms with E-state index in [9.17, 15) is 0 Å². The Morgan fingerprint density at radius 2 is 2.20 bits per heavy atom. The quantitative estimate of drug-likeness (QED) is 0.672. The molecule has 0 aromatic carbocycles. The zero-order valence-electron chi connectivity index (χ0n) is 15.1. The number of anilines is 2. The van der Waals surface area contributed by atoms with Gasteiger partial charge in [-0.25, -0.2) is 0 Å². The Bertz CT molecular complexity index is 696. The van der Waals surface area contributed by atoms with E-state index < -0.39 is 0 Å². The van der Waals surface area contributed by atoms with Gasteiger partial charge in [0.25, 0.3) is 6.01 Å². The number of aromatic nitrogens is 4. The fourth-order valence-corrected chi connectivity index (χ4v) is 3.16. The van der Waals surface area contributed by atoms with Crippen LogP contribution in [0.1, 0.15) is 45.4 Å². The summed E-state index contributed by atoms with van der Waals surface area (Å²) in [4.78, 5) is 13.4. The first-order chi connectivity index (χ1) is 12.2. The summed E-state index contributed by atoms with van der Waals surface area (Å²) in [7, 11) is 1.61. The maximum atomic E-state index is 6.08. The number of ether oxygens (including phenoxy) is 2. The van der Waals surface area contributed by atoms with Crippen LogP contribution in [-0.4, -0.2) is 45.9 Å². The molecule has 1 unspecified atom stereocenters. The highest BCUT2D eigenvalue weighted by atomic mass is 16.5. The lowest BCUT2D eigenvalue weighted by Gasteiger charge is -2.11. The fraction of sp³-hybridized carbons (Fsp3) is 0.706. The number of rotatable bonds is 9. The maximum Gasteiger partial charge on any atom is 0.298 e. The summed E-state index contributed by atoms with van der Waals surface area (Å²) >= 11 is 0. The van der Waals surface area contributed by atoms with Crippen LogP contribution < -0.4 is 15.8 Å². The van der Waals surface area contributed by atoms with Crippen molar-refractivity contribution < 1.29 is 9.47 Å². The van der Waals surface area contributed by atoms with Crippen LogP contribution in [0.25, 0.3) is 11.2 Å². The van der Waals surface area contributed by atoms with Crippen LogP contribution in [0.15, 0.2) is 0 Å². The molecule has 1 saturated heterocycles. The van der Waals surface area contributed by atoms with Crippen LogP contribution >= 0.6 is 0 Å². The molecule has 25 heavy (non-hydrogen) atoms. The third kappa shape index (κ3) is 4.12. The van der Waals surface area contributed by atoms with Crippen LogP contribution in [0.2, 0.25) is 0 Å². The summed E-state index contributed by atoms with van der Waals surface area (Å²) in [5, 5.41) is 3.23. The normalized spacial score (nSPS) is 17.3. The summed E-state index contributed by atoms with van der Waals surface area (Å²) in [6.07, 6.45) is 6.89. The highest BCUT2D eigenvalue weighted by Gasteiger charge is 2.19. The van der Waals surface area contributed by atoms with E-state index in [1.807, 2.05) is 4.57 Å². The molecule has 3 N–H and O–H groups in total. The minimum atomic E-state index is 0.375. The zero-order valence-corrected chi connectivity index (χ0v) is 15.1. The molecule has 3 rings (SSSR count). The second kappa shape index (κ2) is 8.33. The number of aryl methyl sites for hydroxylation is 1. The van der Waals surface area contributed by atoms with Gasteiger partial charge in [0.2, 0.25) is 5.95 Å². The third-order valence-corrected chi connectivity index (χ3v) is 4.51. The van der Waals surface area contributed by atoms with Gasteiger partial charge < -0.3 is 20.5 Å². The van der Waals surface area contributed by atoms with Crippen LogP contribution in [-0.2, 0) is 11.3 Å². The third-order valence-electron chi connectivity index (χ3n) is 4.51. The van der Waals surface area contributed by atoms with Crippen molar-refractivity contribution in [2.75, 3.05) is 31.3 Å². The van der Waals surface area contributed by atoms with E-state index in [1.54, 1.807) is 7.11 Å². The number of nitrogens with zero attached hydrogens (tertiary/aromatic N) is 4. The van der Waals surface area contributed by atoms with Gasteiger partial charge in [0.1, 0.15) is 0 Å². The molecule has 138 valence electrons. The number of fused-ring (bicyclic) bond motifs is 1. The molecule has 0 radical (unpaired) electrons. The number of nitrogens with two attached hydrogens (primary N) is 1. The van der Waals surface area contributed by atoms with Crippen molar-refractivity contribution in [2.45, 2.75) is 58.1 Å². The van der Waals surface area contributed by atoms with Crippen molar-refractivity contribution in [1.82, 2.24) is 19.5 Å². The highest BCUT2D eigenvalue weighted by Crippen LogP contribution is 2.26. The standard InChI is InChI=1S/C17H28N6O2/c1-3-4-9-19-16-21-14(18)13-15(22-16)23(17(20-13)24-2)10-5-7-12-8-6-11-25-12/h12H,3-11H2,1-2H3,(H3,18,19,21,22). The topological polar surface area (TPSA) is 100 Å². The van der Waals surface area contributed by atoms with E-state index in [2.05, 4.69) is 27.2 Å². The molecule has 1 aliphatic heterocycles. The van der Waals surface area contributed by atoms with E-state index in [1.165, 1.54) is 6.42 Å². The summed E-state index contributed by atoms with van der Waals surface area (Å²) in [5.41, 5.74) is 7.39. The second-order valence-electron chi connectivity index (χ2n) is 6.41. The number of methoxy groups -OCH3 is 1. The number of hydrogen-bond donors (Lipinski definition) is 2. The Morgan fingerprint density at radius 1 is 1.32 bits per heavy atom. The van der Waals surface area contributed by atoms with Gasteiger partial charge in [-0.05, 0) is 32.1 Å². The molecule has 2 aromatic heterocycles. The highest BCUT2D eigenvalue weighted by molar-refractivity contribution is 5.84. The number of imidazole rings is 1. The van der Waals surface area contributed by atoms with Crippen LogP contribution in [0.5, 0.6) is 6.01 Å². The Morgan fingerprint density at radius 3 is 2.92 bits per heavy atom. The van der Waals surface area contributed by atoms with E-state index in [-0.39, 0.29) is 0 Å². The van der Waals surface area contributed by atoms with Crippen molar-refractivity contribution in [2.24, 2.45) is 0 Å². The Labute approximate surface area is 148 Å². The van der Waals surface area contributed by atoms with E-state index in [4.69, 9.17) is 15.2 Å².